The van der Waals surface area contributed by atoms with Gasteiger partial charge in [-0.1, -0.05) is 36.4 Å². The van der Waals surface area contributed by atoms with Crippen LogP contribution in [-0.4, -0.2) is 83.5 Å². The van der Waals surface area contributed by atoms with Gasteiger partial charge in [0.25, 0.3) is 6.47 Å². The molecule has 1 aromatic carbocycles. The Morgan fingerprint density at radius 2 is 1.83 bits per heavy atom. The highest BCUT2D eigenvalue weighted by atomic mass is 16.3. The molecule has 2 heterocycles. The second-order valence-electron chi connectivity index (χ2n) is 7.45. The van der Waals surface area contributed by atoms with Gasteiger partial charge in [0, 0.05) is 38.6 Å². The van der Waals surface area contributed by atoms with Crippen LogP contribution in [0.15, 0.2) is 54.9 Å². The molecule has 1 amide bonds. The smallest absolute Gasteiger partial charge is 0.290 e. The van der Waals surface area contributed by atoms with E-state index in [1.54, 1.807) is 6.20 Å². The number of nitrogens with zero attached hydrogens (tertiary/aromatic N) is 4. The van der Waals surface area contributed by atoms with Crippen molar-refractivity contribution in [3.05, 3.63) is 66.0 Å². The maximum atomic E-state index is 13.1. The molecule has 0 saturated carbocycles. The molecule has 1 N–H and O–H groups in total. The summed E-state index contributed by atoms with van der Waals surface area (Å²) in [4.78, 5) is 32.3. The maximum Gasteiger partial charge on any atom is 0.290 e. The molecule has 3 rings (SSSR count). The summed E-state index contributed by atoms with van der Waals surface area (Å²) in [5.41, 5.74) is 2.34. The summed E-state index contributed by atoms with van der Waals surface area (Å²) in [5.74, 6) is 0.208. The lowest BCUT2D eigenvalue weighted by molar-refractivity contribution is -0.133. The van der Waals surface area contributed by atoms with E-state index in [-0.39, 0.29) is 12.4 Å². The monoisotopic (exact) mass is 412 g/mol. The molecule has 0 unspecified atom stereocenters. The Morgan fingerprint density at radius 1 is 1.10 bits per heavy atom. The van der Waals surface area contributed by atoms with Gasteiger partial charge in [-0.2, -0.15) is 0 Å². The average molecular weight is 413 g/mol. The van der Waals surface area contributed by atoms with Gasteiger partial charge in [0.1, 0.15) is 0 Å². The van der Waals surface area contributed by atoms with E-state index in [1.165, 1.54) is 5.56 Å². The van der Waals surface area contributed by atoms with Crippen molar-refractivity contribution < 1.29 is 14.7 Å². The number of pyridine rings is 1. The van der Waals surface area contributed by atoms with Crippen molar-refractivity contribution >= 4 is 12.4 Å². The molecule has 30 heavy (non-hydrogen) atoms. The van der Waals surface area contributed by atoms with E-state index < -0.39 is 0 Å². The lowest BCUT2D eigenvalue weighted by Crippen LogP contribution is -2.42. The summed E-state index contributed by atoms with van der Waals surface area (Å²) in [7, 11) is 2.15. The molecule has 0 spiro atoms. The molecule has 0 radical (unpaired) electrons. The van der Waals surface area contributed by atoms with Crippen molar-refractivity contribution in [1.29, 1.82) is 0 Å². The van der Waals surface area contributed by atoms with Crippen LogP contribution in [0.5, 0.6) is 0 Å². The highest BCUT2D eigenvalue weighted by Gasteiger charge is 2.20. The molecule has 1 saturated heterocycles. The standard InChI is InChI=1S/C22H30N4O.CH2O2/c1-24-12-6-13-25(16-15-24)19-22(27)26(18-21-9-5-11-23-17-21)14-10-20-7-3-2-4-8-20;2-1-3/h2-5,7-9,11,17H,6,10,12-16,18-19H2,1H3;1H,(H,2,3). The van der Waals surface area contributed by atoms with Crippen LogP contribution in [0.2, 0.25) is 0 Å². The number of carboxylic acid groups (broad SMARTS) is 1. The predicted octanol–water partition coefficient (Wildman–Crippen LogP) is 1.99. The first-order valence-corrected chi connectivity index (χ1v) is 10.3. The average Bonchev–Trinajstić information content (AvgIpc) is 2.97. The van der Waals surface area contributed by atoms with Gasteiger partial charge in [-0.15, -0.1) is 0 Å². The molecule has 7 heteroatoms. The second-order valence-corrected chi connectivity index (χ2v) is 7.45. The van der Waals surface area contributed by atoms with E-state index >= 15 is 0 Å². The lowest BCUT2D eigenvalue weighted by Gasteiger charge is -2.27. The largest absolute Gasteiger partial charge is 0.483 e. The van der Waals surface area contributed by atoms with Gasteiger partial charge in [0.2, 0.25) is 5.91 Å². The van der Waals surface area contributed by atoms with Crippen LogP contribution in [0, 0.1) is 0 Å². The van der Waals surface area contributed by atoms with Crippen molar-refractivity contribution in [2.75, 3.05) is 46.3 Å². The van der Waals surface area contributed by atoms with E-state index in [4.69, 9.17) is 9.90 Å². The zero-order valence-corrected chi connectivity index (χ0v) is 17.7. The fourth-order valence-corrected chi connectivity index (χ4v) is 3.46. The summed E-state index contributed by atoms with van der Waals surface area (Å²) >= 11 is 0. The van der Waals surface area contributed by atoms with Crippen LogP contribution >= 0.6 is 0 Å². The minimum absolute atomic E-state index is 0.208. The SMILES string of the molecule is CN1CCCN(CC(=O)N(CCc2ccccc2)Cc2cccnc2)CC1.O=CO. The molecule has 1 aliphatic heterocycles. The summed E-state index contributed by atoms with van der Waals surface area (Å²) in [6.07, 6.45) is 5.61. The second kappa shape index (κ2) is 13.5. The maximum absolute atomic E-state index is 13.1. The number of carbonyl (C=O) groups excluding carboxylic acids is 1. The molecule has 162 valence electrons. The Labute approximate surface area is 178 Å². The number of likely N-dealkylation sites (N-methyl/N-ethyl adjacent to an activating group) is 1. The van der Waals surface area contributed by atoms with Gasteiger partial charge < -0.3 is 14.9 Å². The van der Waals surface area contributed by atoms with Crippen molar-refractivity contribution in [1.82, 2.24) is 19.7 Å². The summed E-state index contributed by atoms with van der Waals surface area (Å²) < 4.78 is 0. The Kier molecular flexibility index (Phi) is 10.5. The normalized spacial score (nSPS) is 14.8. The third-order valence-corrected chi connectivity index (χ3v) is 5.13. The molecular weight excluding hydrogens is 380 g/mol. The van der Waals surface area contributed by atoms with E-state index in [2.05, 4.69) is 46.1 Å². The van der Waals surface area contributed by atoms with Crippen LogP contribution in [0.25, 0.3) is 0 Å². The Bertz CT molecular complexity index is 743. The molecule has 1 aromatic heterocycles. The van der Waals surface area contributed by atoms with E-state index in [9.17, 15) is 4.79 Å². The third-order valence-electron chi connectivity index (χ3n) is 5.13. The summed E-state index contributed by atoms with van der Waals surface area (Å²) in [5, 5.41) is 6.89. The van der Waals surface area contributed by atoms with Gasteiger partial charge in [0.05, 0.1) is 6.54 Å². The zero-order valence-electron chi connectivity index (χ0n) is 17.7. The number of carbonyl (C=O) groups is 2. The number of rotatable bonds is 7. The highest BCUT2D eigenvalue weighted by Crippen LogP contribution is 2.09. The van der Waals surface area contributed by atoms with Gasteiger partial charge in [-0.3, -0.25) is 19.5 Å². The summed E-state index contributed by atoms with van der Waals surface area (Å²) in [6.45, 7) is 5.69. The van der Waals surface area contributed by atoms with Gasteiger partial charge >= 0.3 is 0 Å². The minimum atomic E-state index is -0.250. The van der Waals surface area contributed by atoms with Crippen LogP contribution in [-0.2, 0) is 22.6 Å². The molecular formula is C23H32N4O3. The number of aromatic nitrogens is 1. The van der Waals surface area contributed by atoms with Crippen molar-refractivity contribution in [3.8, 4) is 0 Å². The first-order valence-electron chi connectivity index (χ1n) is 10.3. The van der Waals surface area contributed by atoms with E-state index in [0.717, 1.165) is 51.1 Å². The highest BCUT2D eigenvalue weighted by molar-refractivity contribution is 5.78. The van der Waals surface area contributed by atoms with Crippen LogP contribution < -0.4 is 0 Å². The first kappa shape index (κ1) is 23.5. The molecule has 0 atom stereocenters. The lowest BCUT2D eigenvalue weighted by atomic mass is 10.1. The molecule has 0 bridgehead atoms. The third kappa shape index (κ3) is 8.71. The molecule has 1 fully saturated rings. The van der Waals surface area contributed by atoms with Gasteiger partial charge in [0.15, 0.2) is 0 Å². The number of hydrogen-bond donors (Lipinski definition) is 1. The van der Waals surface area contributed by atoms with Crippen LogP contribution in [0.1, 0.15) is 17.5 Å². The van der Waals surface area contributed by atoms with Crippen molar-refractivity contribution in [2.24, 2.45) is 0 Å². The van der Waals surface area contributed by atoms with Crippen molar-refractivity contribution in [3.63, 3.8) is 0 Å². The number of benzene rings is 1. The topological polar surface area (TPSA) is 77.0 Å². The van der Waals surface area contributed by atoms with E-state index in [1.807, 2.05) is 29.3 Å². The Balaban J connectivity index is 0.00000101. The van der Waals surface area contributed by atoms with E-state index in [0.29, 0.717) is 13.1 Å². The number of hydrogen-bond acceptors (Lipinski definition) is 5. The Hall–Kier alpha value is -2.77. The van der Waals surface area contributed by atoms with Gasteiger partial charge in [-0.25, -0.2) is 0 Å². The molecule has 7 nitrogen and oxygen atoms in total. The first-order chi connectivity index (χ1) is 14.6. The fraction of sp³-hybridized carbons (Fsp3) is 0.435. The molecule has 1 aliphatic rings. The predicted molar refractivity (Wildman–Crippen MR) is 117 cm³/mol. The summed E-state index contributed by atoms with van der Waals surface area (Å²) in [6, 6.07) is 14.3. The number of amides is 1. The van der Waals surface area contributed by atoms with Crippen LogP contribution in [0.4, 0.5) is 0 Å². The Morgan fingerprint density at radius 3 is 2.53 bits per heavy atom. The minimum Gasteiger partial charge on any atom is -0.483 e. The fourth-order valence-electron chi connectivity index (χ4n) is 3.46. The quantitative estimate of drug-likeness (QED) is 0.701. The van der Waals surface area contributed by atoms with Gasteiger partial charge in [-0.05, 0) is 50.2 Å². The zero-order chi connectivity index (χ0) is 21.6. The van der Waals surface area contributed by atoms with Crippen LogP contribution in [0.3, 0.4) is 0 Å². The van der Waals surface area contributed by atoms with Crippen molar-refractivity contribution in [2.45, 2.75) is 19.4 Å². The molecule has 2 aromatic rings. The molecule has 0 aliphatic carbocycles.